The first kappa shape index (κ1) is 14.1. The highest BCUT2D eigenvalue weighted by atomic mass is 16.6. The van der Waals surface area contributed by atoms with E-state index in [-0.39, 0.29) is 0 Å². The Morgan fingerprint density at radius 2 is 2.05 bits per heavy atom. The van der Waals surface area contributed by atoms with Gasteiger partial charge in [0.05, 0.1) is 6.10 Å². The second-order valence-electron chi connectivity index (χ2n) is 4.88. The van der Waals surface area contributed by atoms with Crippen LogP contribution in [0.3, 0.4) is 0 Å². The maximum absolute atomic E-state index is 9.48. The van der Waals surface area contributed by atoms with Crippen molar-refractivity contribution >= 4 is 0 Å². The Balaban J connectivity index is 1.86. The van der Waals surface area contributed by atoms with Crippen molar-refractivity contribution in [2.45, 2.75) is 12.5 Å². The first-order valence-electron chi connectivity index (χ1n) is 6.64. The monoisotopic (exact) mass is 266 g/mol. The lowest BCUT2D eigenvalue weighted by Crippen LogP contribution is -2.35. The van der Waals surface area contributed by atoms with E-state index < -0.39 is 6.10 Å². The van der Waals surface area contributed by atoms with Gasteiger partial charge in [0.1, 0.15) is 13.2 Å². The maximum Gasteiger partial charge on any atom is 0.161 e. The van der Waals surface area contributed by atoms with Gasteiger partial charge in [0, 0.05) is 19.6 Å². The number of hydrogen-bond acceptors (Lipinski definition) is 5. The van der Waals surface area contributed by atoms with E-state index >= 15 is 0 Å². The van der Waals surface area contributed by atoms with E-state index in [1.54, 1.807) is 0 Å². The number of aliphatic hydroxyl groups excluding tert-OH is 1. The molecule has 1 aliphatic rings. The Morgan fingerprint density at radius 3 is 2.79 bits per heavy atom. The van der Waals surface area contributed by atoms with Crippen molar-refractivity contribution in [2.75, 3.05) is 39.9 Å². The molecule has 2 rings (SSSR count). The zero-order valence-electron chi connectivity index (χ0n) is 11.3. The predicted molar refractivity (Wildman–Crippen MR) is 73.7 cm³/mol. The van der Waals surface area contributed by atoms with Gasteiger partial charge in [-0.3, -0.25) is 0 Å². The molecule has 0 aromatic heterocycles. The molecular formula is C14H22N2O3. The van der Waals surface area contributed by atoms with Crippen LogP contribution >= 0.6 is 0 Å². The number of nitrogens with two attached hydrogens (primary N) is 1. The summed E-state index contributed by atoms with van der Waals surface area (Å²) in [6.45, 7) is 3.00. The minimum absolute atomic E-state index is 0.300. The van der Waals surface area contributed by atoms with Gasteiger partial charge < -0.3 is 25.2 Å². The molecule has 0 saturated heterocycles. The minimum Gasteiger partial charge on any atom is -0.486 e. The summed E-state index contributed by atoms with van der Waals surface area (Å²) in [5, 5.41) is 9.48. The zero-order valence-corrected chi connectivity index (χ0v) is 11.3. The number of nitrogens with zero attached hydrogens (tertiary/aromatic N) is 1. The van der Waals surface area contributed by atoms with E-state index in [0.717, 1.165) is 24.5 Å². The third-order valence-corrected chi connectivity index (χ3v) is 3.18. The Morgan fingerprint density at radius 1 is 1.32 bits per heavy atom. The minimum atomic E-state index is -0.453. The van der Waals surface area contributed by atoms with E-state index in [1.807, 2.05) is 19.2 Å². The van der Waals surface area contributed by atoms with Crippen LogP contribution in [0.15, 0.2) is 18.2 Å². The first-order chi connectivity index (χ1) is 9.19. The van der Waals surface area contributed by atoms with Gasteiger partial charge >= 0.3 is 0 Å². The molecule has 0 saturated carbocycles. The molecule has 5 nitrogen and oxygen atoms in total. The molecule has 1 aromatic rings. The summed E-state index contributed by atoms with van der Waals surface area (Å²) in [7, 11) is 1.98. The molecule has 1 aliphatic heterocycles. The first-order valence-corrected chi connectivity index (χ1v) is 6.64. The Labute approximate surface area is 113 Å². The second kappa shape index (κ2) is 6.75. The van der Waals surface area contributed by atoms with Crippen molar-refractivity contribution in [2.24, 2.45) is 5.73 Å². The number of hydrogen-bond donors (Lipinski definition) is 2. The van der Waals surface area contributed by atoms with Crippen LogP contribution in [0.1, 0.15) is 5.56 Å². The van der Waals surface area contributed by atoms with Crippen LogP contribution < -0.4 is 15.2 Å². The lowest BCUT2D eigenvalue weighted by atomic mass is 10.1. The molecule has 0 fully saturated rings. The highest BCUT2D eigenvalue weighted by Gasteiger charge is 2.12. The summed E-state index contributed by atoms with van der Waals surface area (Å²) in [6, 6.07) is 6.04. The molecule has 0 radical (unpaired) electrons. The molecule has 5 heteroatoms. The fourth-order valence-electron chi connectivity index (χ4n) is 2.09. The van der Waals surface area contributed by atoms with Crippen LogP contribution in [0.4, 0.5) is 0 Å². The van der Waals surface area contributed by atoms with E-state index in [4.69, 9.17) is 15.2 Å². The maximum atomic E-state index is 9.48. The van der Waals surface area contributed by atoms with Crippen LogP contribution in [-0.2, 0) is 6.42 Å². The molecule has 1 atom stereocenters. The van der Waals surface area contributed by atoms with Crippen molar-refractivity contribution < 1.29 is 14.6 Å². The smallest absolute Gasteiger partial charge is 0.161 e. The summed E-state index contributed by atoms with van der Waals surface area (Å²) in [6.07, 6.45) is 0.454. The van der Waals surface area contributed by atoms with E-state index in [0.29, 0.717) is 26.3 Å². The van der Waals surface area contributed by atoms with Gasteiger partial charge in [-0.2, -0.15) is 0 Å². The molecule has 0 bridgehead atoms. The average Bonchev–Trinajstić information content (AvgIpc) is 2.44. The Bertz CT molecular complexity index is 412. The Kier molecular flexibility index (Phi) is 5.01. The predicted octanol–water partition coefficient (Wildman–Crippen LogP) is 0.252. The van der Waals surface area contributed by atoms with Crippen molar-refractivity contribution in [3.05, 3.63) is 23.8 Å². The molecule has 1 unspecified atom stereocenters. The fourth-order valence-corrected chi connectivity index (χ4v) is 2.09. The lowest BCUT2D eigenvalue weighted by molar-refractivity contribution is 0.133. The number of benzene rings is 1. The van der Waals surface area contributed by atoms with Crippen molar-refractivity contribution in [3.8, 4) is 11.5 Å². The van der Waals surface area contributed by atoms with Crippen molar-refractivity contribution in [1.82, 2.24) is 4.90 Å². The lowest BCUT2D eigenvalue weighted by Gasteiger charge is -2.21. The van der Waals surface area contributed by atoms with Gasteiger partial charge in [-0.1, -0.05) is 6.07 Å². The number of aliphatic hydroxyl groups is 1. The van der Waals surface area contributed by atoms with E-state index in [1.165, 1.54) is 5.56 Å². The number of fused-ring (bicyclic) bond motifs is 1. The third-order valence-electron chi connectivity index (χ3n) is 3.18. The average molecular weight is 266 g/mol. The van der Waals surface area contributed by atoms with Crippen LogP contribution in [0, 0.1) is 0 Å². The number of likely N-dealkylation sites (N-methyl/N-ethyl adjacent to an activating group) is 1. The van der Waals surface area contributed by atoms with Crippen molar-refractivity contribution in [1.29, 1.82) is 0 Å². The fraction of sp³-hybridized carbons (Fsp3) is 0.571. The largest absolute Gasteiger partial charge is 0.486 e. The SMILES string of the molecule is CN(CCc1ccc2c(c1)OCCO2)CC(O)CN. The van der Waals surface area contributed by atoms with Crippen LogP contribution in [-0.4, -0.2) is 56.0 Å². The molecule has 106 valence electrons. The standard InChI is InChI=1S/C14H22N2O3/c1-16(10-12(17)9-15)5-4-11-2-3-13-14(8-11)19-7-6-18-13/h2-3,8,12,17H,4-7,9-10,15H2,1H3. The Hall–Kier alpha value is -1.30. The number of ether oxygens (including phenoxy) is 2. The van der Waals surface area contributed by atoms with E-state index in [9.17, 15) is 5.11 Å². The summed E-state index contributed by atoms with van der Waals surface area (Å²) >= 11 is 0. The van der Waals surface area contributed by atoms with Crippen LogP contribution in [0.25, 0.3) is 0 Å². The van der Waals surface area contributed by atoms with Gasteiger partial charge in [-0.25, -0.2) is 0 Å². The summed E-state index contributed by atoms with van der Waals surface area (Å²) in [4.78, 5) is 2.08. The molecule has 1 heterocycles. The summed E-state index contributed by atoms with van der Waals surface area (Å²) in [5.74, 6) is 1.65. The molecular weight excluding hydrogens is 244 g/mol. The highest BCUT2D eigenvalue weighted by Crippen LogP contribution is 2.30. The molecule has 19 heavy (non-hydrogen) atoms. The topological polar surface area (TPSA) is 68.0 Å². The summed E-state index contributed by atoms with van der Waals surface area (Å²) < 4.78 is 11.0. The van der Waals surface area contributed by atoms with Crippen LogP contribution in [0.5, 0.6) is 11.5 Å². The van der Waals surface area contributed by atoms with Gasteiger partial charge in [0.25, 0.3) is 0 Å². The summed E-state index contributed by atoms with van der Waals surface area (Å²) in [5.41, 5.74) is 6.60. The zero-order chi connectivity index (χ0) is 13.7. The van der Waals surface area contributed by atoms with Gasteiger partial charge in [-0.05, 0) is 31.2 Å². The molecule has 1 aromatic carbocycles. The van der Waals surface area contributed by atoms with Gasteiger partial charge in [-0.15, -0.1) is 0 Å². The molecule has 0 amide bonds. The molecule has 0 spiro atoms. The quantitative estimate of drug-likeness (QED) is 0.772. The number of rotatable bonds is 6. The second-order valence-corrected chi connectivity index (χ2v) is 4.88. The van der Waals surface area contributed by atoms with Crippen LogP contribution in [0.2, 0.25) is 0 Å². The van der Waals surface area contributed by atoms with Crippen molar-refractivity contribution in [3.63, 3.8) is 0 Å². The third kappa shape index (κ3) is 4.09. The van der Waals surface area contributed by atoms with E-state index in [2.05, 4.69) is 11.0 Å². The van der Waals surface area contributed by atoms with Gasteiger partial charge in [0.2, 0.25) is 0 Å². The highest BCUT2D eigenvalue weighted by molar-refractivity contribution is 5.43. The normalized spacial score (nSPS) is 15.6. The molecule has 3 N–H and O–H groups in total. The van der Waals surface area contributed by atoms with Gasteiger partial charge in [0.15, 0.2) is 11.5 Å². The molecule has 0 aliphatic carbocycles.